The molecule has 0 bridgehead atoms. The van der Waals surface area contributed by atoms with Crippen molar-refractivity contribution in [2.75, 3.05) is 19.7 Å². The van der Waals surface area contributed by atoms with Crippen LogP contribution in [0.3, 0.4) is 0 Å². The first-order chi connectivity index (χ1) is 10.3. The molecule has 22 heavy (non-hydrogen) atoms. The summed E-state index contributed by atoms with van der Waals surface area (Å²) >= 11 is 0. The number of fused-ring (bicyclic) bond motifs is 1. The summed E-state index contributed by atoms with van der Waals surface area (Å²) in [5.74, 6) is 0.516. The Morgan fingerprint density at radius 3 is 3.00 bits per heavy atom. The van der Waals surface area contributed by atoms with Gasteiger partial charge in [0.1, 0.15) is 0 Å². The monoisotopic (exact) mass is 324 g/mol. The average Bonchev–Trinajstić information content (AvgIpc) is 2.55. The van der Waals surface area contributed by atoms with E-state index in [2.05, 4.69) is 23.6 Å². The second-order valence-electron chi connectivity index (χ2n) is 6.10. The highest BCUT2D eigenvalue weighted by molar-refractivity contribution is 5.85. The summed E-state index contributed by atoms with van der Waals surface area (Å²) in [5, 5.41) is 6.56. The number of carbonyl (C=O) groups is 1. The molecule has 1 aromatic carbocycles. The molecule has 1 aromatic rings. The smallest absolute Gasteiger partial charge is 0.253 e. The molecule has 3 atom stereocenters. The fourth-order valence-corrected chi connectivity index (χ4v) is 3.33. The molecule has 122 valence electrons. The van der Waals surface area contributed by atoms with Crippen molar-refractivity contribution in [3.8, 4) is 0 Å². The lowest BCUT2D eigenvalue weighted by Crippen LogP contribution is -2.46. The number of piperidine rings is 1. The lowest BCUT2D eigenvalue weighted by molar-refractivity contribution is -0.135. The zero-order chi connectivity index (χ0) is 14.7. The maximum Gasteiger partial charge on any atom is 0.253 e. The second kappa shape index (κ2) is 7.95. The summed E-state index contributed by atoms with van der Waals surface area (Å²) in [4.78, 5) is 12.6. The molecule has 2 aliphatic heterocycles. The lowest BCUT2D eigenvalue weighted by atomic mass is 9.92. The number of nitrogens with one attached hydrogen (secondary N) is 2. The molecule has 1 saturated heterocycles. The predicted octanol–water partition coefficient (Wildman–Crippen LogP) is 2.23. The summed E-state index contributed by atoms with van der Waals surface area (Å²) in [6.07, 6.45) is 2.81. The zero-order valence-electron chi connectivity index (χ0n) is 13.0. The molecular formula is C17H25ClN2O2. The third-order valence-electron chi connectivity index (χ3n) is 4.64. The third-order valence-corrected chi connectivity index (χ3v) is 4.64. The standard InChI is InChI=1S/C17H24N2O2.ClH/c1-12(14-6-4-9-18-11-14)19-17(20)16-15-7-3-2-5-13(15)8-10-21-16;/h2-3,5,7,12,14,16,18H,4,6,8-11H2,1H3,(H,19,20);1H. The number of hydrogen-bond acceptors (Lipinski definition) is 3. The third kappa shape index (κ3) is 3.80. The summed E-state index contributed by atoms with van der Waals surface area (Å²) in [6.45, 7) is 4.80. The number of amides is 1. The Bertz CT molecular complexity index is 503. The highest BCUT2D eigenvalue weighted by atomic mass is 35.5. The number of hydrogen-bond donors (Lipinski definition) is 2. The SMILES string of the molecule is CC(NC(=O)C1OCCc2ccccc21)C1CCCNC1.Cl. The van der Waals surface area contributed by atoms with Crippen LogP contribution in [0.4, 0.5) is 0 Å². The van der Waals surface area contributed by atoms with Crippen molar-refractivity contribution in [3.63, 3.8) is 0 Å². The molecule has 0 spiro atoms. The number of benzene rings is 1. The first-order valence-electron chi connectivity index (χ1n) is 7.96. The van der Waals surface area contributed by atoms with Gasteiger partial charge in [-0.15, -0.1) is 12.4 Å². The normalized spacial score (nSPS) is 25.5. The van der Waals surface area contributed by atoms with Crippen molar-refractivity contribution in [3.05, 3.63) is 35.4 Å². The lowest BCUT2D eigenvalue weighted by Gasteiger charge is -2.31. The van der Waals surface area contributed by atoms with Gasteiger partial charge in [0.2, 0.25) is 0 Å². The Morgan fingerprint density at radius 1 is 1.41 bits per heavy atom. The molecule has 3 rings (SSSR count). The van der Waals surface area contributed by atoms with Crippen LogP contribution < -0.4 is 10.6 Å². The minimum atomic E-state index is -0.450. The van der Waals surface area contributed by atoms with E-state index in [0.29, 0.717) is 12.5 Å². The molecular weight excluding hydrogens is 300 g/mol. The maximum absolute atomic E-state index is 12.6. The Balaban J connectivity index is 0.00000176. The van der Waals surface area contributed by atoms with E-state index in [0.717, 1.165) is 25.1 Å². The van der Waals surface area contributed by atoms with Crippen LogP contribution in [0.15, 0.2) is 24.3 Å². The van der Waals surface area contributed by atoms with Crippen LogP contribution in [-0.2, 0) is 16.0 Å². The predicted molar refractivity (Wildman–Crippen MR) is 89.3 cm³/mol. The minimum absolute atomic E-state index is 0. The van der Waals surface area contributed by atoms with Crippen LogP contribution in [0.5, 0.6) is 0 Å². The number of ether oxygens (including phenoxy) is 1. The van der Waals surface area contributed by atoms with E-state index >= 15 is 0 Å². The van der Waals surface area contributed by atoms with Crippen LogP contribution in [0, 0.1) is 5.92 Å². The van der Waals surface area contributed by atoms with Crippen molar-refractivity contribution in [1.29, 1.82) is 0 Å². The summed E-state index contributed by atoms with van der Waals surface area (Å²) in [5.41, 5.74) is 2.26. The van der Waals surface area contributed by atoms with Crippen LogP contribution in [0.1, 0.15) is 37.0 Å². The van der Waals surface area contributed by atoms with E-state index < -0.39 is 6.10 Å². The van der Waals surface area contributed by atoms with E-state index in [1.54, 1.807) is 0 Å². The Hall–Kier alpha value is -1.10. The van der Waals surface area contributed by atoms with Gasteiger partial charge in [0.25, 0.3) is 5.91 Å². The van der Waals surface area contributed by atoms with E-state index in [1.165, 1.54) is 18.4 Å². The van der Waals surface area contributed by atoms with Crippen molar-refractivity contribution in [2.45, 2.75) is 38.3 Å². The zero-order valence-corrected chi connectivity index (χ0v) is 13.8. The van der Waals surface area contributed by atoms with E-state index in [9.17, 15) is 4.79 Å². The van der Waals surface area contributed by atoms with Crippen LogP contribution in [0.2, 0.25) is 0 Å². The van der Waals surface area contributed by atoms with Gasteiger partial charge in [0.05, 0.1) is 6.61 Å². The van der Waals surface area contributed by atoms with Gasteiger partial charge in [-0.3, -0.25) is 4.79 Å². The summed E-state index contributed by atoms with van der Waals surface area (Å²) < 4.78 is 5.73. The van der Waals surface area contributed by atoms with Crippen molar-refractivity contribution >= 4 is 18.3 Å². The van der Waals surface area contributed by atoms with Crippen molar-refractivity contribution in [1.82, 2.24) is 10.6 Å². The molecule has 3 unspecified atom stereocenters. The fourth-order valence-electron chi connectivity index (χ4n) is 3.33. The molecule has 2 aliphatic rings. The molecule has 1 amide bonds. The van der Waals surface area contributed by atoms with E-state index in [1.807, 2.05) is 18.2 Å². The fraction of sp³-hybridized carbons (Fsp3) is 0.588. The molecule has 0 aromatic heterocycles. The Morgan fingerprint density at radius 2 is 2.23 bits per heavy atom. The molecule has 1 fully saturated rings. The highest BCUT2D eigenvalue weighted by Crippen LogP contribution is 2.27. The Labute approximate surface area is 138 Å². The molecule has 0 aliphatic carbocycles. The van der Waals surface area contributed by atoms with Crippen LogP contribution in [-0.4, -0.2) is 31.6 Å². The average molecular weight is 325 g/mol. The van der Waals surface area contributed by atoms with Gasteiger partial charge in [-0.05, 0) is 56.3 Å². The largest absolute Gasteiger partial charge is 0.363 e. The number of halogens is 1. The first-order valence-corrected chi connectivity index (χ1v) is 7.96. The molecule has 0 saturated carbocycles. The molecule has 2 N–H and O–H groups in total. The number of carbonyl (C=O) groups excluding carboxylic acids is 1. The van der Waals surface area contributed by atoms with Gasteiger partial charge in [-0.2, -0.15) is 0 Å². The molecule has 5 heteroatoms. The summed E-state index contributed by atoms with van der Waals surface area (Å²) in [7, 11) is 0. The van der Waals surface area contributed by atoms with Gasteiger partial charge >= 0.3 is 0 Å². The van der Waals surface area contributed by atoms with Crippen LogP contribution >= 0.6 is 12.4 Å². The Kier molecular flexibility index (Phi) is 6.24. The highest BCUT2D eigenvalue weighted by Gasteiger charge is 2.29. The van der Waals surface area contributed by atoms with Crippen molar-refractivity contribution < 1.29 is 9.53 Å². The van der Waals surface area contributed by atoms with Crippen LogP contribution in [0.25, 0.3) is 0 Å². The second-order valence-corrected chi connectivity index (χ2v) is 6.10. The quantitative estimate of drug-likeness (QED) is 0.896. The van der Waals surface area contributed by atoms with Crippen molar-refractivity contribution in [2.24, 2.45) is 5.92 Å². The molecule has 2 heterocycles. The minimum Gasteiger partial charge on any atom is -0.363 e. The van der Waals surface area contributed by atoms with Gasteiger partial charge in [0.15, 0.2) is 6.10 Å². The van der Waals surface area contributed by atoms with Gasteiger partial charge in [-0.1, -0.05) is 24.3 Å². The topological polar surface area (TPSA) is 50.4 Å². The first kappa shape index (κ1) is 17.3. The van der Waals surface area contributed by atoms with E-state index in [4.69, 9.17) is 4.74 Å². The van der Waals surface area contributed by atoms with Gasteiger partial charge < -0.3 is 15.4 Å². The molecule has 4 nitrogen and oxygen atoms in total. The van der Waals surface area contributed by atoms with Gasteiger partial charge in [0, 0.05) is 6.04 Å². The maximum atomic E-state index is 12.6. The summed E-state index contributed by atoms with van der Waals surface area (Å²) in [6, 6.07) is 8.28. The van der Waals surface area contributed by atoms with E-state index in [-0.39, 0.29) is 24.4 Å². The molecule has 0 radical (unpaired) electrons. The van der Waals surface area contributed by atoms with Gasteiger partial charge in [-0.25, -0.2) is 0 Å². The number of rotatable bonds is 3.